The molecular formula is C41H41F6N5O2. The van der Waals surface area contributed by atoms with Crippen LogP contribution in [0.5, 0.6) is 0 Å². The van der Waals surface area contributed by atoms with Crippen LogP contribution >= 0.6 is 0 Å². The summed E-state index contributed by atoms with van der Waals surface area (Å²) in [6.45, 7) is 6.92. The first-order valence-electron chi connectivity index (χ1n) is 18.2. The molecular weight excluding hydrogens is 708 g/mol. The van der Waals surface area contributed by atoms with Crippen LogP contribution in [0.3, 0.4) is 0 Å². The fourth-order valence-corrected chi connectivity index (χ4v) is 8.00. The summed E-state index contributed by atoms with van der Waals surface area (Å²) in [7, 11) is 0. The first-order valence-corrected chi connectivity index (χ1v) is 18.2. The smallest absolute Gasteiger partial charge is 0.361 e. The van der Waals surface area contributed by atoms with Gasteiger partial charge >= 0.3 is 12.4 Å². The molecule has 7 rings (SSSR count). The Morgan fingerprint density at radius 3 is 2.24 bits per heavy atom. The molecule has 2 aliphatic heterocycles. The summed E-state index contributed by atoms with van der Waals surface area (Å²) < 4.78 is 91.8. The average molecular weight is 750 g/mol. The van der Waals surface area contributed by atoms with E-state index in [-0.39, 0.29) is 45.4 Å². The minimum atomic E-state index is -4.86. The number of likely N-dealkylation sites (tertiary alicyclic amines) is 2. The molecule has 13 heteroatoms. The van der Waals surface area contributed by atoms with E-state index in [1.165, 1.54) is 42.8 Å². The maximum atomic E-state index is 14.7. The number of fused-ring (bicyclic) bond motifs is 1. The lowest BCUT2D eigenvalue weighted by Gasteiger charge is -2.40. The molecule has 284 valence electrons. The number of rotatable bonds is 8. The summed E-state index contributed by atoms with van der Waals surface area (Å²) >= 11 is 0. The molecule has 1 atom stereocenters. The normalized spacial score (nSPS) is 17.2. The number of aryl methyl sites for hydroxylation is 2. The number of hydrogen-bond donors (Lipinski definition) is 1. The quantitative estimate of drug-likeness (QED) is 0.159. The van der Waals surface area contributed by atoms with Gasteiger partial charge in [0.2, 0.25) is 0 Å². The molecule has 3 aromatic carbocycles. The molecule has 0 radical (unpaired) electrons. The van der Waals surface area contributed by atoms with Crippen LogP contribution in [0.15, 0.2) is 77.3 Å². The Kier molecular flexibility index (Phi) is 10.6. The lowest BCUT2D eigenvalue weighted by atomic mass is 9.91. The Labute approximate surface area is 309 Å². The second-order valence-electron chi connectivity index (χ2n) is 14.3. The topological polar surface area (TPSA) is 74.5 Å². The molecule has 54 heavy (non-hydrogen) atoms. The molecule has 2 aromatic heterocycles. The lowest BCUT2D eigenvalue weighted by molar-refractivity contribution is -0.155. The molecule has 1 amide bonds. The summed E-state index contributed by atoms with van der Waals surface area (Å²) in [6, 6.07) is 14.8. The van der Waals surface area contributed by atoms with Crippen molar-refractivity contribution in [1.29, 1.82) is 0 Å². The van der Waals surface area contributed by atoms with E-state index in [1.807, 2.05) is 0 Å². The monoisotopic (exact) mass is 749 g/mol. The van der Waals surface area contributed by atoms with Crippen molar-refractivity contribution in [3.05, 3.63) is 107 Å². The van der Waals surface area contributed by atoms with Gasteiger partial charge in [0.25, 0.3) is 5.91 Å². The van der Waals surface area contributed by atoms with Gasteiger partial charge in [-0.1, -0.05) is 60.1 Å². The maximum Gasteiger partial charge on any atom is 0.416 e. The van der Waals surface area contributed by atoms with Gasteiger partial charge in [-0.15, -0.1) is 0 Å². The molecule has 2 fully saturated rings. The Balaban J connectivity index is 1.41. The minimum absolute atomic E-state index is 0.0793. The summed E-state index contributed by atoms with van der Waals surface area (Å²) in [4.78, 5) is 24.2. The molecule has 0 bridgehead atoms. The number of carbonyl (C=O) groups is 1. The summed E-state index contributed by atoms with van der Waals surface area (Å²) in [5, 5.41) is 6.58. The van der Waals surface area contributed by atoms with E-state index in [2.05, 4.69) is 20.3 Å². The van der Waals surface area contributed by atoms with Crippen molar-refractivity contribution >= 4 is 16.8 Å². The molecule has 0 saturated carbocycles. The van der Waals surface area contributed by atoms with Crippen LogP contribution < -0.4 is 5.32 Å². The van der Waals surface area contributed by atoms with Gasteiger partial charge in [-0.25, -0.2) is 4.98 Å². The van der Waals surface area contributed by atoms with Gasteiger partial charge in [-0.3, -0.25) is 9.69 Å². The summed E-state index contributed by atoms with van der Waals surface area (Å²) in [6.07, 6.45) is -4.31. The summed E-state index contributed by atoms with van der Waals surface area (Å²) in [5.41, 5.74) is 1.38. The maximum absolute atomic E-state index is 14.7. The second-order valence-corrected chi connectivity index (χ2v) is 14.3. The predicted molar refractivity (Wildman–Crippen MR) is 194 cm³/mol. The number of aromatic nitrogens is 2. The molecule has 1 unspecified atom stereocenters. The van der Waals surface area contributed by atoms with Crippen LogP contribution in [0.2, 0.25) is 0 Å². The molecule has 4 heterocycles. The highest BCUT2D eigenvalue weighted by Crippen LogP contribution is 2.39. The number of carbonyl (C=O) groups excluding carboxylic acids is 1. The highest BCUT2D eigenvalue weighted by Gasteiger charge is 2.43. The predicted octanol–water partition coefficient (Wildman–Crippen LogP) is 9.68. The van der Waals surface area contributed by atoms with Crippen LogP contribution in [0.1, 0.15) is 76.6 Å². The zero-order chi connectivity index (χ0) is 38.2. The number of alkyl halides is 6. The molecule has 0 spiro atoms. The number of pyridine rings is 1. The van der Waals surface area contributed by atoms with Crippen LogP contribution in [0.25, 0.3) is 33.3 Å². The Bertz CT molecular complexity index is 2100. The molecule has 7 nitrogen and oxygen atoms in total. The van der Waals surface area contributed by atoms with Crippen molar-refractivity contribution in [3.63, 3.8) is 0 Å². The number of piperidine rings is 2. The van der Waals surface area contributed by atoms with Crippen LogP contribution in [0.4, 0.5) is 26.3 Å². The van der Waals surface area contributed by atoms with E-state index >= 15 is 0 Å². The third-order valence-corrected chi connectivity index (χ3v) is 10.7. The molecule has 2 aliphatic rings. The fourth-order valence-electron chi connectivity index (χ4n) is 8.00. The SMILES string of the molecule is Cc1noc(C)c1-c1ccc2nc(-c3cccc(C(F)(F)F)c3)c(CN3CCC(N4CCCCC4)CC3)c(C(=O)NC(c3ccccc3)C(F)(F)F)c2c1. The third-order valence-electron chi connectivity index (χ3n) is 10.7. The van der Waals surface area contributed by atoms with Crippen molar-refractivity contribution in [2.24, 2.45) is 0 Å². The van der Waals surface area contributed by atoms with Crippen molar-refractivity contribution in [1.82, 2.24) is 25.3 Å². The van der Waals surface area contributed by atoms with Crippen molar-refractivity contribution in [2.75, 3.05) is 26.2 Å². The van der Waals surface area contributed by atoms with E-state index in [0.29, 0.717) is 41.7 Å². The van der Waals surface area contributed by atoms with Crippen LogP contribution in [-0.4, -0.2) is 64.2 Å². The minimum Gasteiger partial charge on any atom is -0.361 e. The number of nitrogens with zero attached hydrogens (tertiary/aromatic N) is 4. The number of hydrogen-bond acceptors (Lipinski definition) is 6. The average Bonchev–Trinajstić information content (AvgIpc) is 3.50. The Morgan fingerprint density at radius 1 is 0.870 bits per heavy atom. The number of amides is 1. The number of nitrogens with one attached hydrogen (secondary N) is 1. The Morgan fingerprint density at radius 2 is 1.59 bits per heavy atom. The van der Waals surface area contributed by atoms with Crippen molar-refractivity contribution in [3.8, 4) is 22.4 Å². The molecule has 2 saturated heterocycles. The van der Waals surface area contributed by atoms with Crippen LogP contribution in [-0.2, 0) is 12.7 Å². The van der Waals surface area contributed by atoms with Gasteiger partial charge in [0.1, 0.15) is 5.76 Å². The second kappa shape index (κ2) is 15.2. The third kappa shape index (κ3) is 7.88. The van der Waals surface area contributed by atoms with Crippen LogP contribution in [0, 0.1) is 13.8 Å². The van der Waals surface area contributed by atoms with Gasteiger partial charge < -0.3 is 14.7 Å². The van der Waals surface area contributed by atoms with E-state index < -0.39 is 29.9 Å². The molecule has 1 N–H and O–H groups in total. The molecule has 0 aliphatic carbocycles. The van der Waals surface area contributed by atoms with E-state index in [0.717, 1.165) is 50.9 Å². The number of halogens is 6. The molecule has 5 aromatic rings. The van der Waals surface area contributed by atoms with Crippen molar-refractivity contribution in [2.45, 2.75) is 76.9 Å². The first kappa shape index (κ1) is 37.6. The Hall–Kier alpha value is -4.75. The largest absolute Gasteiger partial charge is 0.416 e. The zero-order valence-corrected chi connectivity index (χ0v) is 30.0. The van der Waals surface area contributed by atoms with E-state index in [4.69, 9.17) is 9.51 Å². The van der Waals surface area contributed by atoms with Crippen molar-refractivity contribution < 1.29 is 35.7 Å². The standard InChI is InChI=1S/C41H41F6N5O2/c1-25-35(26(2)54-50-25)28-14-15-34-32(23-28)36(39(53)49-38(41(45,46)47)27-10-5-3-6-11-27)33(37(48-34)29-12-9-13-30(22-29)40(42,43)44)24-51-20-16-31(17-21-51)52-18-7-4-8-19-52/h3,5-6,9-15,22-23,31,38H,4,7-8,16-21,24H2,1-2H3,(H,49,53). The van der Waals surface area contributed by atoms with Gasteiger partial charge in [-0.2, -0.15) is 26.3 Å². The highest BCUT2D eigenvalue weighted by molar-refractivity contribution is 6.10. The van der Waals surface area contributed by atoms with Gasteiger partial charge in [-0.05, 0) is 101 Å². The zero-order valence-electron chi connectivity index (χ0n) is 30.0. The van der Waals surface area contributed by atoms with Gasteiger partial charge in [0, 0.05) is 34.7 Å². The van der Waals surface area contributed by atoms with Gasteiger partial charge in [0.15, 0.2) is 6.04 Å². The van der Waals surface area contributed by atoms with E-state index in [9.17, 15) is 31.1 Å². The van der Waals surface area contributed by atoms with E-state index in [1.54, 1.807) is 38.1 Å². The van der Waals surface area contributed by atoms with Gasteiger partial charge in [0.05, 0.1) is 28.0 Å². The highest BCUT2D eigenvalue weighted by atomic mass is 19.4. The fraction of sp³-hybridized carbons (Fsp3) is 0.390. The number of benzene rings is 3. The lowest BCUT2D eigenvalue weighted by Crippen LogP contribution is -2.46. The summed E-state index contributed by atoms with van der Waals surface area (Å²) in [5.74, 6) is -0.514. The first-order chi connectivity index (χ1) is 25.8.